The lowest BCUT2D eigenvalue weighted by atomic mass is 10.2. The minimum absolute atomic E-state index is 0.150. The fraction of sp³-hybridized carbons (Fsp3) is 0.364. The number of anilines is 1. The van der Waals surface area contributed by atoms with Crippen LogP contribution in [0.15, 0.2) is 18.2 Å². The number of rotatable bonds is 6. The maximum atomic E-state index is 10.9. The van der Waals surface area contributed by atoms with Crippen LogP contribution in [0.4, 0.5) is 11.4 Å². The van der Waals surface area contributed by atoms with Crippen LogP contribution in [-0.2, 0) is 4.79 Å². The van der Waals surface area contributed by atoms with Crippen molar-refractivity contribution < 1.29 is 14.5 Å². The summed E-state index contributed by atoms with van der Waals surface area (Å²) in [5.41, 5.74) is -0.0502. The first-order valence-electron chi connectivity index (χ1n) is 5.29. The first kappa shape index (κ1) is 14.2. The Morgan fingerprint density at radius 1 is 1.56 bits per heavy atom. The molecule has 7 heteroatoms. The third kappa shape index (κ3) is 4.21. The van der Waals surface area contributed by atoms with Crippen LogP contribution in [0.25, 0.3) is 0 Å². The Labute approximate surface area is 109 Å². The van der Waals surface area contributed by atoms with Crippen molar-refractivity contribution >= 4 is 28.9 Å². The summed E-state index contributed by atoms with van der Waals surface area (Å²) < 4.78 is 5.30. The van der Waals surface area contributed by atoms with Crippen molar-refractivity contribution in [1.29, 1.82) is 0 Å². The van der Waals surface area contributed by atoms with Crippen molar-refractivity contribution in [2.24, 2.45) is 0 Å². The van der Waals surface area contributed by atoms with Gasteiger partial charge in [0.15, 0.2) is 0 Å². The number of hydrogen-bond acceptors (Lipinski definition) is 4. The third-order valence-electron chi connectivity index (χ3n) is 2.02. The molecule has 1 aromatic rings. The first-order chi connectivity index (χ1) is 8.54. The maximum absolute atomic E-state index is 10.9. The molecule has 0 heterocycles. The Kier molecular flexibility index (Phi) is 5.38. The van der Waals surface area contributed by atoms with Gasteiger partial charge in [-0.2, -0.15) is 0 Å². The summed E-state index contributed by atoms with van der Waals surface area (Å²) in [5.74, 6) is 0.473. The van der Waals surface area contributed by atoms with Gasteiger partial charge in [-0.05, 0) is 18.6 Å². The number of halogens is 1. The van der Waals surface area contributed by atoms with Crippen molar-refractivity contribution in [3.05, 3.63) is 28.3 Å². The topological polar surface area (TPSA) is 81.5 Å². The zero-order valence-electron chi connectivity index (χ0n) is 9.81. The molecule has 1 amide bonds. The summed E-state index contributed by atoms with van der Waals surface area (Å²) in [5, 5.41) is 13.3. The lowest BCUT2D eigenvalue weighted by molar-refractivity contribution is -0.384. The van der Waals surface area contributed by atoms with E-state index in [0.717, 1.165) is 0 Å². The van der Waals surface area contributed by atoms with Gasteiger partial charge in [0.05, 0.1) is 17.6 Å². The molecule has 0 fully saturated rings. The van der Waals surface area contributed by atoms with Gasteiger partial charge in [0.25, 0.3) is 5.69 Å². The lowest BCUT2D eigenvalue weighted by Crippen LogP contribution is -2.08. The number of carbonyl (C=O) groups is 1. The number of carbonyl (C=O) groups excluding carboxylic acids is 1. The summed E-state index contributed by atoms with van der Waals surface area (Å²) in [4.78, 5) is 21.2. The molecule has 0 unspecified atom stereocenters. The second kappa shape index (κ2) is 6.80. The van der Waals surface area contributed by atoms with Crippen LogP contribution in [0.3, 0.4) is 0 Å². The summed E-state index contributed by atoms with van der Waals surface area (Å²) in [7, 11) is 0. The van der Waals surface area contributed by atoms with E-state index < -0.39 is 4.92 Å². The van der Waals surface area contributed by atoms with Crippen molar-refractivity contribution in [2.75, 3.05) is 17.8 Å². The zero-order chi connectivity index (χ0) is 13.5. The second-order valence-electron chi connectivity index (χ2n) is 3.51. The molecule has 0 aliphatic carbocycles. The highest BCUT2D eigenvalue weighted by atomic mass is 35.5. The Morgan fingerprint density at radius 2 is 2.28 bits per heavy atom. The van der Waals surface area contributed by atoms with Crippen molar-refractivity contribution in [3.8, 4) is 5.75 Å². The molecule has 0 aromatic heterocycles. The molecule has 1 N–H and O–H groups in total. The van der Waals surface area contributed by atoms with Crippen LogP contribution >= 0.6 is 11.6 Å². The van der Waals surface area contributed by atoms with E-state index in [-0.39, 0.29) is 17.3 Å². The quantitative estimate of drug-likeness (QED) is 0.373. The van der Waals surface area contributed by atoms with E-state index in [0.29, 0.717) is 24.7 Å². The van der Waals surface area contributed by atoms with Crippen LogP contribution in [0.1, 0.15) is 13.3 Å². The Morgan fingerprint density at radius 3 is 2.83 bits per heavy atom. The predicted octanol–water partition coefficient (Wildman–Crippen LogP) is 2.56. The van der Waals surface area contributed by atoms with Gasteiger partial charge < -0.3 is 10.1 Å². The number of alkyl halides is 1. The monoisotopic (exact) mass is 272 g/mol. The molecule has 0 saturated carbocycles. The molecule has 1 aromatic carbocycles. The predicted molar refractivity (Wildman–Crippen MR) is 68.2 cm³/mol. The van der Waals surface area contributed by atoms with Crippen LogP contribution < -0.4 is 10.1 Å². The highest BCUT2D eigenvalue weighted by molar-refractivity contribution is 6.17. The summed E-state index contributed by atoms with van der Waals surface area (Å²) in [6.45, 7) is 1.68. The van der Waals surface area contributed by atoms with Gasteiger partial charge in [-0.25, -0.2) is 0 Å². The number of nitrogens with zero attached hydrogens (tertiary/aromatic N) is 1. The molecule has 18 heavy (non-hydrogen) atoms. The van der Waals surface area contributed by atoms with Crippen molar-refractivity contribution in [2.45, 2.75) is 13.3 Å². The van der Waals surface area contributed by atoms with Gasteiger partial charge in [-0.15, -0.1) is 11.6 Å². The van der Waals surface area contributed by atoms with Gasteiger partial charge in [0.2, 0.25) is 5.91 Å². The molecule has 0 atom stereocenters. The molecule has 0 radical (unpaired) electrons. The van der Waals surface area contributed by atoms with Crippen LogP contribution in [0.2, 0.25) is 0 Å². The molecule has 98 valence electrons. The SMILES string of the molecule is CC(=O)Nc1ccc(OCCCCl)cc1[N+](=O)[O-]. The normalized spacial score (nSPS) is 9.89. The van der Waals surface area contributed by atoms with Gasteiger partial charge in [0, 0.05) is 12.8 Å². The Bertz CT molecular complexity index is 451. The Balaban J connectivity index is 2.89. The summed E-state index contributed by atoms with van der Waals surface area (Å²) in [6.07, 6.45) is 0.656. The molecule has 0 bridgehead atoms. The number of benzene rings is 1. The largest absolute Gasteiger partial charge is 0.493 e. The standard InChI is InChI=1S/C11H13ClN2O4/c1-8(15)13-10-4-3-9(18-6-2-5-12)7-11(10)14(16)17/h3-4,7H,2,5-6H2,1H3,(H,13,15). The second-order valence-corrected chi connectivity index (χ2v) is 3.89. The zero-order valence-corrected chi connectivity index (χ0v) is 10.6. The fourth-order valence-corrected chi connectivity index (χ4v) is 1.40. The van der Waals surface area contributed by atoms with Crippen molar-refractivity contribution in [1.82, 2.24) is 0 Å². The molecular weight excluding hydrogens is 260 g/mol. The van der Waals surface area contributed by atoms with Crippen LogP contribution in [0, 0.1) is 10.1 Å². The molecule has 0 saturated heterocycles. The van der Waals surface area contributed by atoms with E-state index in [1.54, 1.807) is 6.07 Å². The summed E-state index contributed by atoms with van der Waals surface area (Å²) in [6, 6.07) is 4.28. The minimum Gasteiger partial charge on any atom is -0.493 e. The Hall–Kier alpha value is -1.82. The van der Waals surface area contributed by atoms with E-state index in [1.165, 1.54) is 19.1 Å². The van der Waals surface area contributed by atoms with Gasteiger partial charge in [-0.1, -0.05) is 0 Å². The number of hydrogen-bond donors (Lipinski definition) is 1. The fourth-order valence-electron chi connectivity index (χ4n) is 1.29. The van der Waals surface area contributed by atoms with Crippen molar-refractivity contribution in [3.63, 3.8) is 0 Å². The van der Waals surface area contributed by atoms with Gasteiger partial charge in [0.1, 0.15) is 11.4 Å². The molecule has 6 nitrogen and oxygen atoms in total. The lowest BCUT2D eigenvalue weighted by Gasteiger charge is -2.07. The maximum Gasteiger partial charge on any atom is 0.296 e. The third-order valence-corrected chi connectivity index (χ3v) is 2.29. The van der Waals surface area contributed by atoms with E-state index in [9.17, 15) is 14.9 Å². The van der Waals surface area contributed by atoms with Gasteiger partial charge in [-0.3, -0.25) is 14.9 Å². The van der Waals surface area contributed by atoms with E-state index in [4.69, 9.17) is 16.3 Å². The number of nitro groups is 1. The van der Waals surface area contributed by atoms with Crippen LogP contribution in [0.5, 0.6) is 5.75 Å². The first-order valence-corrected chi connectivity index (χ1v) is 5.83. The molecule has 1 rings (SSSR count). The molecule has 0 spiro atoms. The van der Waals surface area contributed by atoms with Gasteiger partial charge >= 0.3 is 0 Å². The minimum atomic E-state index is -0.570. The number of amides is 1. The van der Waals surface area contributed by atoms with E-state index >= 15 is 0 Å². The number of nitro benzene ring substituents is 1. The molecule has 0 aliphatic rings. The van der Waals surface area contributed by atoms with E-state index in [2.05, 4.69) is 5.32 Å². The van der Waals surface area contributed by atoms with Crippen LogP contribution in [-0.4, -0.2) is 23.3 Å². The average molecular weight is 273 g/mol. The summed E-state index contributed by atoms with van der Waals surface area (Å²) >= 11 is 5.50. The number of nitrogens with one attached hydrogen (secondary N) is 1. The molecular formula is C11H13ClN2O4. The average Bonchev–Trinajstić information content (AvgIpc) is 2.30. The highest BCUT2D eigenvalue weighted by Crippen LogP contribution is 2.29. The van der Waals surface area contributed by atoms with E-state index in [1.807, 2.05) is 0 Å². The molecule has 0 aliphatic heterocycles. The number of ether oxygens (including phenoxy) is 1. The highest BCUT2D eigenvalue weighted by Gasteiger charge is 2.16. The smallest absolute Gasteiger partial charge is 0.296 e.